The van der Waals surface area contributed by atoms with Gasteiger partial charge in [-0.3, -0.25) is 0 Å². The minimum absolute atomic E-state index is 0.528. The smallest absolute Gasteiger partial charge is 0.0506 e. The van der Waals surface area contributed by atoms with Crippen molar-refractivity contribution in [2.45, 2.75) is 26.7 Å². The molecule has 0 aliphatic heterocycles. The predicted molar refractivity (Wildman–Crippen MR) is 98.2 cm³/mol. The number of ether oxygens (including phenoxy) is 1. The second-order valence-electron chi connectivity index (χ2n) is 5.76. The average molecular weight is 336 g/mol. The maximum atomic E-state index is 8.65. The summed E-state index contributed by atoms with van der Waals surface area (Å²) in [6.07, 6.45) is 1.34. The number of hydrogen-bond acceptors (Lipinski definition) is 3. The maximum Gasteiger partial charge on any atom is 0.0506 e. The van der Waals surface area contributed by atoms with E-state index >= 15 is 0 Å². The minimum Gasteiger partial charge on any atom is -0.381 e. The molecule has 2 rings (SSSR count). The highest BCUT2D eigenvalue weighted by Gasteiger charge is 2.04. The van der Waals surface area contributed by atoms with E-state index in [1.54, 1.807) is 0 Å². The molecule has 2 aromatic rings. The monoisotopic (exact) mass is 336 g/mol. The van der Waals surface area contributed by atoms with Crippen LogP contribution < -0.4 is 0 Å². The van der Waals surface area contributed by atoms with Crippen molar-refractivity contribution in [3.8, 4) is 0 Å². The minimum atomic E-state index is 0.528. The molecule has 0 heterocycles. The van der Waals surface area contributed by atoms with E-state index in [-0.39, 0.29) is 0 Å². The molecule has 7 heteroatoms. The fraction of sp³-hybridized carbons (Fsp3) is 0.333. The Bertz CT molecular complexity index is 766. The molecule has 0 bridgehead atoms. The number of azide groups is 2. The first-order valence-corrected chi connectivity index (χ1v) is 8.01. The zero-order chi connectivity index (χ0) is 18.1. The first-order chi connectivity index (χ1) is 12.1. The molecule has 128 valence electrons. The van der Waals surface area contributed by atoms with Gasteiger partial charge in [-0.2, -0.15) is 0 Å². The van der Waals surface area contributed by atoms with Crippen LogP contribution in [0.2, 0.25) is 0 Å². The highest BCUT2D eigenvalue weighted by atomic mass is 16.5. The van der Waals surface area contributed by atoms with Gasteiger partial charge in [0.1, 0.15) is 0 Å². The van der Waals surface area contributed by atoms with E-state index in [4.69, 9.17) is 15.8 Å². The van der Waals surface area contributed by atoms with Crippen LogP contribution in [0.25, 0.3) is 20.9 Å². The van der Waals surface area contributed by atoms with Gasteiger partial charge in [0.25, 0.3) is 0 Å². The van der Waals surface area contributed by atoms with E-state index in [0.29, 0.717) is 37.4 Å². The quantitative estimate of drug-likeness (QED) is 0.251. The van der Waals surface area contributed by atoms with E-state index in [9.17, 15) is 0 Å². The van der Waals surface area contributed by atoms with E-state index in [1.807, 2.05) is 50.2 Å². The van der Waals surface area contributed by atoms with Crippen molar-refractivity contribution in [1.82, 2.24) is 0 Å². The summed E-state index contributed by atoms with van der Waals surface area (Å²) in [7, 11) is 0. The molecule has 0 aliphatic carbocycles. The van der Waals surface area contributed by atoms with Gasteiger partial charge < -0.3 is 4.74 Å². The van der Waals surface area contributed by atoms with Gasteiger partial charge in [-0.1, -0.05) is 45.6 Å². The van der Waals surface area contributed by atoms with Gasteiger partial charge in [0, 0.05) is 21.2 Å². The van der Waals surface area contributed by atoms with Gasteiger partial charge >= 0.3 is 0 Å². The number of rotatable bonds is 8. The third-order valence-electron chi connectivity index (χ3n) is 3.82. The van der Waals surface area contributed by atoms with Gasteiger partial charge in [0.15, 0.2) is 0 Å². The first kappa shape index (κ1) is 18.4. The van der Waals surface area contributed by atoms with Gasteiger partial charge in [0.2, 0.25) is 0 Å². The van der Waals surface area contributed by atoms with Gasteiger partial charge in [0.05, 0.1) is 13.2 Å². The molecule has 7 nitrogen and oxygen atoms in total. The molecule has 0 N–H and O–H groups in total. The van der Waals surface area contributed by atoms with Crippen LogP contribution in [0.15, 0.2) is 46.6 Å². The van der Waals surface area contributed by atoms with Crippen LogP contribution in [0.1, 0.15) is 22.3 Å². The highest BCUT2D eigenvalue weighted by molar-refractivity contribution is 5.49. The normalized spacial score (nSPS) is 10.0. The third kappa shape index (κ3) is 5.55. The Morgan fingerprint density at radius 2 is 1.24 bits per heavy atom. The lowest BCUT2D eigenvalue weighted by molar-refractivity contribution is 0.140. The van der Waals surface area contributed by atoms with Crippen molar-refractivity contribution in [3.63, 3.8) is 0 Å². The van der Waals surface area contributed by atoms with Crippen molar-refractivity contribution in [1.29, 1.82) is 0 Å². The molecule has 0 fully saturated rings. The predicted octanol–water partition coefficient (Wildman–Crippen LogP) is 5.99. The maximum absolute atomic E-state index is 8.65. The fourth-order valence-electron chi connectivity index (χ4n) is 2.52. The zero-order valence-corrected chi connectivity index (χ0v) is 14.4. The van der Waals surface area contributed by atoms with Crippen LogP contribution in [-0.2, 0) is 17.6 Å². The molecule has 0 saturated heterocycles. The fourth-order valence-corrected chi connectivity index (χ4v) is 2.52. The van der Waals surface area contributed by atoms with E-state index < -0.39 is 0 Å². The van der Waals surface area contributed by atoms with Crippen LogP contribution in [-0.4, -0.2) is 13.2 Å². The number of hydrogen-bond donors (Lipinski definition) is 0. The van der Waals surface area contributed by atoms with Gasteiger partial charge in [-0.25, -0.2) is 0 Å². The van der Waals surface area contributed by atoms with E-state index in [1.165, 1.54) is 0 Å². The summed E-state index contributed by atoms with van der Waals surface area (Å²) < 4.78 is 5.70. The molecular weight excluding hydrogens is 316 g/mol. The van der Waals surface area contributed by atoms with Crippen molar-refractivity contribution >= 4 is 11.4 Å². The SMILES string of the molecule is Cc1ccc(CCOCCc2ccc(C)cc2N=[N+]=[N-])c(N=[N+]=[N-])c1. The molecule has 0 amide bonds. The van der Waals surface area contributed by atoms with E-state index in [2.05, 4.69) is 20.1 Å². The van der Waals surface area contributed by atoms with Crippen molar-refractivity contribution in [2.24, 2.45) is 10.2 Å². The number of benzene rings is 2. The van der Waals surface area contributed by atoms with Gasteiger partial charge in [-0.05, 0) is 61.0 Å². The summed E-state index contributed by atoms with van der Waals surface area (Å²) in [5.74, 6) is 0. The Morgan fingerprint density at radius 3 is 1.64 bits per heavy atom. The molecule has 0 saturated carbocycles. The summed E-state index contributed by atoms with van der Waals surface area (Å²) >= 11 is 0. The Hall–Kier alpha value is -2.98. The van der Waals surface area contributed by atoms with Crippen molar-refractivity contribution < 1.29 is 4.74 Å². The molecule has 25 heavy (non-hydrogen) atoms. The molecule has 0 radical (unpaired) electrons. The standard InChI is InChI=1S/C18H20N6O/c1-13-3-5-15(17(11-13)21-23-19)7-9-25-10-8-16-6-4-14(2)12-18(16)22-24-20/h3-6,11-12H,7-10H2,1-2H3. The van der Waals surface area contributed by atoms with Crippen LogP contribution >= 0.6 is 0 Å². The number of nitrogens with zero attached hydrogens (tertiary/aromatic N) is 6. The lowest BCUT2D eigenvalue weighted by Gasteiger charge is -2.09. The Labute approximate surface area is 146 Å². The van der Waals surface area contributed by atoms with Crippen LogP contribution in [0.3, 0.4) is 0 Å². The molecule has 0 aromatic heterocycles. The van der Waals surface area contributed by atoms with E-state index in [0.717, 1.165) is 22.3 Å². The summed E-state index contributed by atoms with van der Waals surface area (Å²) in [6.45, 7) is 4.97. The second-order valence-corrected chi connectivity index (χ2v) is 5.76. The number of aryl methyl sites for hydroxylation is 2. The lowest BCUT2D eigenvalue weighted by Crippen LogP contribution is -2.03. The van der Waals surface area contributed by atoms with Crippen molar-refractivity contribution in [2.75, 3.05) is 13.2 Å². The second kappa shape index (κ2) is 9.35. The van der Waals surface area contributed by atoms with Crippen LogP contribution in [0, 0.1) is 13.8 Å². The Balaban J connectivity index is 1.89. The average Bonchev–Trinajstić information content (AvgIpc) is 2.58. The summed E-state index contributed by atoms with van der Waals surface area (Å²) in [6, 6.07) is 11.6. The molecule has 0 atom stereocenters. The largest absolute Gasteiger partial charge is 0.381 e. The summed E-state index contributed by atoms with van der Waals surface area (Å²) in [5.41, 5.74) is 22.6. The molecule has 0 spiro atoms. The zero-order valence-electron chi connectivity index (χ0n) is 14.4. The summed E-state index contributed by atoms with van der Waals surface area (Å²) in [4.78, 5) is 5.74. The molecular formula is C18H20N6O. The van der Waals surface area contributed by atoms with Crippen LogP contribution in [0.4, 0.5) is 11.4 Å². The molecule has 2 aromatic carbocycles. The third-order valence-corrected chi connectivity index (χ3v) is 3.82. The molecule has 0 unspecified atom stereocenters. The van der Waals surface area contributed by atoms with Gasteiger partial charge in [-0.15, -0.1) is 0 Å². The first-order valence-electron chi connectivity index (χ1n) is 8.01. The Kier molecular flexibility index (Phi) is 6.87. The Morgan fingerprint density at radius 1 is 0.800 bits per heavy atom. The van der Waals surface area contributed by atoms with Crippen LogP contribution in [0.5, 0.6) is 0 Å². The summed E-state index contributed by atoms with van der Waals surface area (Å²) in [5, 5.41) is 7.47. The highest BCUT2D eigenvalue weighted by Crippen LogP contribution is 2.23. The topological polar surface area (TPSA) is 107 Å². The van der Waals surface area contributed by atoms with Crippen molar-refractivity contribution in [3.05, 3.63) is 79.5 Å². The lowest BCUT2D eigenvalue weighted by atomic mass is 10.1. The molecule has 0 aliphatic rings.